The van der Waals surface area contributed by atoms with Gasteiger partial charge >= 0.3 is 6.18 Å². The quantitative estimate of drug-likeness (QED) is 0.507. The Morgan fingerprint density at radius 2 is 2.11 bits per heavy atom. The second-order valence-electron chi connectivity index (χ2n) is 4.47. The fourth-order valence-electron chi connectivity index (χ4n) is 2.30. The van der Waals surface area contributed by atoms with Gasteiger partial charge in [0.2, 0.25) is 0 Å². The number of rotatable bonds is 3. The lowest BCUT2D eigenvalue weighted by Gasteiger charge is -2.23. The average molecular weight is 278 g/mol. The summed E-state index contributed by atoms with van der Waals surface area (Å²) in [6, 6.07) is 2.52. The third-order valence-electron chi connectivity index (χ3n) is 3.28. The van der Waals surface area contributed by atoms with E-state index in [1.54, 1.807) is 0 Å². The summed E-state index contributed by atoms with van der Waals surface area (Å²) in [5.74, 6) is 3.95. The number of hydrogen-bond donors (Lipinski definition) is 2. The van der Waals surface area contributed by atoms with Crippen LogP contribution in [0.25, 0.3) is 0 Å². The molecule has 0 aromatic heterocycles. The van der Waals surface area contributed by atoms with E-state index in [1.807, 2.05) is 0 Å². The third kappa shape index (κ3) is 2.88. The minimum absolute atomic E-state index is 0.0761. The highest BCUT2D eigenvalue weighted by atomic mass is 19.4. The fourth-order valence-corrected chi connectivity index (χ4v) is 2.30. The highest BCUT2D eigenvalue weighted by molar-refractivity contribution is 5.31. The standard InChI is InChI=1S/C12H14F4N2O/c13-10-8(2-1-3-9(10)12(14,15)16)11(18-17)7-4-5-19-6-7/h1-3,7,11,18H,4-6,17H2. The predicted octanol–water partition coefficient (Wildman–Crippen LogP) is 2.39. The first-order valence-corrected chi connectivity index (χ1v) is 5.84. The predicted molar refractivity (Wildman–Crippen MR) is 60.4 cm³/mol. The van der Waals surface area contributed by atoms with E-state index in [9.17, 15) is 17.6 Å². The lowest BCUT2D eigenvalue weighted by atomic mass is 9.91. The number of hydrogen-bond acceptors (Lipinski definition) is 3. The normalized spacial score (nSPS) is 21.6. The van der Waals surface area contributed by atoms with Gasteiger partial charge in [-0.1, -0.05) is 12.1 Å². The topological polar surface area (TPSA) is 47.3 Å². The molecule has 1 aliphatic heterocycles. The molecule has 1 fully saturated rings. The smallest absolute Gasteiger partial charge is 0.381 e. The molecule has 7 heteroatoms. The maximum absolute atomic E-state index is 14.0. The molecule has 1 heterocycles. The number of alkyl halides is 3. The largest absolute Gasteiger partial charge is 0.419 e. The van der Waals surface area contributed by atoms with Crippen LogP contribution in [0.15, 0.2) is 18.2 Å². The van der Waals surface area contributed by atoms with Crippen molar-refractivity contribution in [2.75, 3.05) is 13.2 Å². The molecule has 2 rings (SSSR count). The average Bonchev–Trinajstić information content (AvgIpc) is 2.84. The molecule has 3 nitrogen and oxygen atoms in total. The molecule has 0 saturated carbocycles. The van der Waals surface area contributed by atoms with Gasteiger partial charge in [0.05, 0.1) is 18.2 Å². The van der Waals surface area contributed by atoms with Crippen molar-refractivity contribution in [1.82, 2.24) is 5.43 Å². The van der Waals surface area contributed by atoms with E-state index in [0.29, 0.717) is 19.6 Å². The van der Waals surface area contributed by atoms with Gasteiger partial charge in [-0.25, -0.2) is 4.39 Å². The van der Waals surface area contributed by atoms with E-state index >= 15 is 0 Å². The third-order valence-corrected chi connectivity index (χ3v) is 3.28. The van der Waals surface area contributed by atoms with Gasteiger partial charge in [0.25, 0.3) is 0 Å². The second-order valence-corrected chi connectivity index (χ2v) is 4.47. The molecule has 0 amide bonds. The van der Waals surface area contributed by atoms with Crippen LogP contribution in [0.4, 0.5) is 17.6 Å². The van der Waals surface area contributed by atoms with Crippen LogP contribution in [0.5, 0.6) is 0 Å². The number of nitrogens with two attached hydrogens (primary N) is 1. The van der Waals surface area contributed by atoms with Crippen LogP contribution in [0.3, 0.4) is 0 Å². The summed E-state index contributed by atoms with van der Waals surface area (Å²) < 4.78 is 57.1. The molecule has 19 heavy (non-hydrogen) atoms. The molecule has 3 N–H and O–H groups in total. The summed E-state index contributed by atoms with van der Waals surface area (Å²) in [6.07, 6.45) is -4.09. The molecule has 0 radical (unpaired) electrons. The minimum Gasteiger partial charge on any atom is -0.381 e. The summed E-state index contributed by atoms with van der Waals surface area (Å²) in [7, 11) is 0. The monoisotopic (exact) mass is 278 g/mol. The molecule has 0 aliphatic carbocycles. The van der Waals surface area contributed by atoms with E-state index in [2.05, 4.69) is 5.43 Å². The maximum atomic E-state index is 14.0. The van der Waals surface area contributed by atoms with Gasteiger partial charge in [0, 0.05) is 18.1 Å². The summed E-state index contributed by atoms with van der Waals surface area (Å²) in [6.45, 7) is 0.855. The Kier molecular flexibility index (Phi) is 4.07. The molecule has 106 valence electrons. The Morgan fingerprint density at radius 3 is 2.63 bits per heavy atom. The van der Waals surface area contributed by atoms with Crippen molar-refractivity contribution in [3.63, 3.8) is 0 Å². The van der Waals surface area contributed by atoms with Crippen LogP contribution in [0.2, 0.25) is 0 Å². The number of ether oxygens (including phenoxy) is 1. The molecule has 0 spiro atoms. The zero-order valence-electron chi connectivity index (χ0n) is 10.0. The lowest BCUT2D eigenvalue weighted by Crippen LogP contribution is -2.35. The summed E-state index contributed by atoms with van der Waals surface area (Å²) in [4.78, 5) is 0. The molecular weight excluding hydrogens is 264 g/mol. The van der Waals surface area contributed by atoms with Crippen LogP contribution < -0.4 is 11.3 Å². The molecule has 1 aromatic rings. The van der Waals surface area contributed by atoms with Crippen molar-refractivity contribution in [1.29, 1.82) is 0 Å². The molecular formula is C12H14F4N2O. The molecule has 1 aliphatic rings. The van der Waals surface area contributed by atoms with Crippen molar-refractivity contribution in [2.24, 2.45) is 11.8 Å². The molecule has 2 atom stereocenters. The first kappa shape index (κ1) is 14.2. The molecule has 1 saturated heterocycles. The van der Waals surface area contributed by atoms with Crippen LogP contribution in [0, 0.1) is 11.7 Å². The number of benzene rings is 1. The molecule has 2 unspecified atom stereocenters. The highest BCUT2D eigenvalue weighted by Crippen LogP contribution is 2.36. The van der Waals surface area contributed by atoms with Crippen molar-refractivity contribution in [3.8, 4) is 0 Å². The fraction of sp³-hybridized carbons (Fsp3) is 0.500. The first-order valence-electron chi connectivity index (χ1n) is 5.84. The van der Waals surface area contributed by atoms with Crippen LogP contribution >= 0.6 is 0 Å². The lowest BCUT2D eigenvalue weighted by molar-refractivity contribution is -0.140. The van der Waals surface area contributed by atoms with Crippen molar-refractivity contribution < 1.29 is 22.3 Å². The zero-order valence-corrected chi connectivity index (χ0v) is 10.0. The van der Waals surface area contributed by atoms with E-state index in [4.69, 9.17) is 10.6 Å². The van der Waals surface area contributed by atoms with E-state index in [1.165, 1.54) is 12.1 Å². The highest BCUT2D eigenvalue weighted by Gasteiger charge is 2.37. The Bertz CT molecular complexity index is 444. The van der Waals surface area contributed by atoms with Crippen molar-refractivity contribution in [3.05, 3.63) is 35.1 Å². The SMILES string of the molecule is NNC(c1cccc(C(F)(F)F)c1F)C1CCOC1. The van der Waals surface area contributed by atoms with Gasteiger partial charge in [0.1, 0.15) is 5.82 Å². The van der Waals surface area contributed by atoms with Gasteiger partial charge in [-0.05, 0) is 12.5 Å². The van der Waals surface area contributed by atoms with E-state index in [0.717, 1.165) is 6.07 Å². The Morgan fingerprint density at radius 1 is 1.37 bits per heavy atom. The van der Waals surface area contributed by atoms with Gasteiger partial charge in [-0.3, -0.25) is 11.3 Å². The maximum Gasteiger partial charge on any atom is 0.419 e. The number of halogens is 4. The second kappa shape index (κ2) is 5.44. The first-order chi connectivity index (χ1) is 8.95. The van der Waals surface area contributed by atoms with E-state index in [-0.39, 0.29) is 11.5 Å². The van der Waals surface area contributed by atoms with Crippen LogP contribution in [-0.2, 0) is 10.9 Å². The molecule has 0 bridgehead atoms. The Labute approximate surface area is 107 Å². The van der Waals surface area contributed by atoms with Gasteiger partial charge in [0.15, 0.2) is 0 Å². The van der Waals surface area contributed by atoms with Gasteiger partial charge in [-0.15, -0.1) is 0 Å². The van der Waals surface area contributed by atoms with Crippen molar-refractivity contribution >= 4 is 0 Å². The summed E-state index contributed by atoms with van der Waals surface area (Å²) in [5, 5.41) is 0. The van der Waals surface area contributed by atoms with Crippen LogP contribution in [0.1, 0.15) is 23.6 Å². The summed E-state index contributed by atoms with van der Waals surface area (Å²) in [5.41, 5.74) is 1.04. The van der Waals surface area contributed by atoms with E-state index < -0.39 is 23.6 Å². The van der Waals surface area contributed by atoms with Gasteiger partial charge in [-0.2, -0.15) is 13.2 Å². The van der Waals surface area contributed by atoms with Crippen molar-refractivity contribution in [2.45, 2.75) is 18.6 Å². The van der Waals surface area contributed by atoms with Gasteiger partial charge < -0.3 is 4.74 Å². The number of nitrogens with one attached hydrogen (secondary N) is 1. The Balaban J connectivity index is 2.38. The summed E-state index contributed by atoms with van der Waals surface area (Å²) >= 11 is 0. The van der Waals surface area contributed by atoms with Crippen LogP contribution in [-0.4, -0.2) is 13.2 Å². The Hall–Kier alpha value is -1.18. The zero-order chi connectivity index (χ0) is 14.0. The molecule has 1 aromatic carbocycles. The minimum atomic E-state index is -4.72. The number of hydrazine groups is 1.